The molecule has 108 valence electrons. The normalized spacial score (nSPS) is 16.1. The number of anilines is 1. The Balaban J connectivity index is 1.89. The third-order valence-electron chi connectivity index (χ3n) is 3.51. The van der Waals surface area contributed by atoms with Crippen LogP contribution in [0.4, 0.5) is 5.82 Å². The van der Waals surface area contributed by atoms with Crippen LogP contribution in [0.25, 0.3) is 0 Å². The zero-order valence-corrected chi connectivity index (χ0v) is 11.7. The molecule has 5 heteroatoms. The van der Waals surface area contributed by atoms with Gasteiger partial charge < -0.3 is 15.2 Å². The molecule has 1 aromatic carbocycles. The van der Waals surface area contributed by atoms with E-state index in [2.05, 4.69) is 10.3 Å². The number of fused-ring (bicyclic) bond motifs is 1. The number of aromatic nitrogens is 1. The van der Waals surface area contributed by atoms with Crippen molar-refractivity contribution in [3.8, 4) is 5.75 Å². The second kappa shape index (κ2) is 5.44. The van der Waals surface area contributed by atoms with E-state index in [0.717, 1.165) is 17.0 Å². The van der Waals surface area contributed by atoms with Crippen LogP contribution in [-0.4, -0.2) is 22.7 Å². The predicted molar refractivity (Wildman–Crippen MR) is 78.9 cm³/mol. The summed E-state index contributed by atoms with van der Waals surface area (Å²) in [5, 5.41) is 12.4. The van der Waals surface area contributed by atoms with Crippen molar-refractivity contribution in [2.45, 2.75) is 19.4 Å². The fourth-order valence-electron chi connectivity index (χ4n) is 2.43. The van der Waals surface area contributed by atoms with E-state index in [1.54, 1.807) is 12.1 Å². The van der Waals surface area contributed by atoms with Gasteiger partial charge in [0.15, 0.2) is 0 Å². The Morgan fingerprint density at radius 1 is 1.43 bits per heavy atom. The molecule has 2 aromatic rings. The fourth-order valence-corrected chi connectivity index (χ4v) is 2.43. The number of rotatable bonds is 4. The fraction of sp³-hybridized carbons (Fsp3) is 0.250. The number of benzene rings is 1. The third kappa shape index (κ3) is 2.67. The van der Waals surface area contributed by atoms with Crippen molar-refractivity contribution in [3.05, 3.63) is 53.2 Å². The number of para-hydroxylation sites is 1. The highest BCUT2D eigenvalue weighted by Gasteiger charge is 2.24. The number of pyridine rings is 1. The summed E-state index contributed by atoms with van der Waals surface area (Å²) in [6.45, 7) is 2.46. The van der Waals surface area contributed by atoms with Crippen LogP contribution in [0.2, 0.25) is 0 Å². The monoisotopic (exact) mass is 284 g/mol. The van der Waals surface area contributed by atoms with Gasteiger partial charge >= 0.3 is 5.97 Å². The molecule has 1 unspecified atom stereocenters. The molecule has 1 aliphatic rings. The van der Waals surface area contributed by atoms with E-state index >= 15 is 0 Å². The number of hydrogen-bond donors (Lipinski definition) is 2. The minimum Gasteiger partial charge on any atom is -0.491 e. The SMILES string of the molecule is CCc1cc(C(=O)O)cc(NC2COc3ccccc32)n1. The van der Waals surface area contributed by atoms with Gasteiger partial charge in [0.1, 0.15) is 18.2 Å². The number of carboxylic acids is 1. The van der Waals surface area contributed by atoms with Gasteiger partial charge in [-0.25, -0.2) is 9.78 Å². The highest BCUT2D eigenvalue weighted by atomic mass is 16.5. The summed E-state index contributed by atoms with van der Waals surface area (Å²) in [6, 6.07) is 11.0. The highest BCUT2D eigenvalue weighted by molar-refractivity contribution is 5.88. The van der Waals surface area contributed by atoms with E-state index in [1.165, 1.54) is 0 Å². The molecule has 0 amide bonds. The maximum Gasteiger partial charge on any atom is 0.335 e. The van der Waals surface area contributed by atoms with E-state index in [1.807, 2.05) is 31.2 Å². The topological polar surface area (TPSA) is 71.5 Å². The molecule has 0 bridgehead atoms. The van der Waals surface area contributed by atoms with Gasteiger partial charge in [0, 0.05) is 11.3 Å². The number of carbonyl (C=O) groups is 1. The summed E-state index contributed by atoms with van der Waals surface area (Å²) in [4.78, 5) is 15.6. The van der Waals surface area contributed by atoms with Gasteiger partial charge in [-0.1, -0.05) is 25.1 Å². The van der Waals surface area contributed by atoms with Crippen LogP contribution < -0.4 is 10.1 Å². The van der Waals surface area contributed by atoms with Gasteiger partial charge in [0.25, 0.3) is 0 Å². The third-order valence-corrected chi connectivity index (χ3v) is 3.51. The minimum absolute atomic E-state index is 0.0116. The molecule has 2 heterocycles. The van der Waals surface area contributed by atoms with Gasteiger partial charge in [0.2, 0.25) is 0 Å². The lowest BCUT2D eigenvalue weighted by Crippen LogP contribution is -2.14. The predicted octanol–water partition coefficient (Wildman–Crippen LogP) is 2.89. The Labute approximate surface area is 122 Å². The lowest BCUT2D eigenvalue weighted by atomic mass is 10.1. The Kier molecular flexibility index (Phi) is 3.48. The highest BCUT2D eigenvalue weighted by Crippen LogP contribution is 2.33. The molecule has 0 aliphatic carbocycles. The maximum atomic E-state index is 11.2. The maximum absolute atomic E-state index is 11.2. The Morgan fingerprint density at radius 2 is 2.24 bits per heavy atom. The Morgan fingerprint density at radius 3 is 3.00 bits per heavy atom. The smallest absolute Gasteiger partial charge is 0.335 e. The number of carboxylic acid groups (broad SMARTS) is 1. The van der Waals surface area contributed by atoms with Crippen molar-refractivity contribution < 1.29 is 14.6 Å². The largest absolute Gasteiger partial charge is 0.491 e. The van der Waals surface area contributed by atoms with Crippen molar-refractivity contribution in [1.29, 1.82) is 0 Å². The molecule has 21 heavy (non-hydrogen) atoms. The van der Waals surface area contributed by atoms with Crippen LogP contribution in [0, 0.1) is 0 Å². The molecule has 0 radical (unpaired) electrons. The summed E-state index contributed by atoms with van der Waals surface area (Å²) < 4.78 is 5.61. The van der Waals surface area contributed by atoms with Crippen LogP contribution in [0.1, 0.15) is 34.6 Å². The van der Waals surface area contributed by atoms with Crippen molar-refractivity contribution >= 4 is 11.8 Å². The van der Waals surface area contributed by atoms with Gasteiger partial charge in [0.05, 0.1) is 11.6 Å². The van der Waals surface area contributed by atoms with Crippen molar-refractivity contribution in [3.63, 3.8) is 0 Å². The van der Waals surface area contributed by atoms with Gasteiger partial charge in [-0.15, -0.1) is 0 Å². The number of aromatic carboxylic acids is 1. The summed E-state index contributed by atoms with van der Waals surface area (Å²) >= 11 is 0. The molecule has 5 nitrogen and oxygen atoms in total. The molecule has 0 fully saturated rings. The van der Waals surface area contributed by atoms with Crippen molar-refractivity contribution in [2.75, 3.05) is 11.9 Å². The lowest BCUT2D eigenvalue weighted by Gasteiger charge is -2.14. The molecule has 0 saturated carbocycles. The van der Waals surface area contributed by atoms with Gasteiger partial charge in [-0.05, 0) is 24.6 Å². The first-order chi connectivity index (χ1) is 10.2. The van der Waals surface area contributed by atoms with Crippen molar-refractivity contribution in [2.24, 2.45) is 0 Å². The molecule has 1 aliphatic heterocycles. The Hall–Kier alpha value is -2.56. The number of ether oxygens (including phenoxy) is 1. The summed E-state index contributed by atoms with van der Waals surface area (Å²) in [5.74, 6) is 0.482. The minimum atomic E-state index is -0.946. The quantitative estimate of drug-likeness (QED) is 0.903. The molecule has 1 atom stereocenters. The van der Waals surface area contributed by atoms with Crippen molar-refractivity contribution in [1.82, 2.24) is 4.98 Å². The second-order valence-corrected chi connectivity index (χ2v) is 4.94. The van der Waals surface area contributed by atoms with Crippen LogP contribution in [-0.2, 0) is 6.42 Å². The Bertz CT molecular complexity index is 685. The van der Waals surface area contributed by atoms with E-state index in [-0.39, 0.29) is 11.6 Å². The average Bonchev–Trinajstić information content (AvgIpc) is 2.90. The van der Waals surface area contributed by atoms with Crippen LogP contribution in [0.5, 0.6) is 5.75 Å². The molecular weight excluding hydrogens is 268 g/mol. The number of nitrogens with zero attached hydrogens (tertiary/aromatic N) is 1. The van der Waals surface area contributed by atoms with Crippen LogP contribution in [0.3, 0.4) is 0 Å². The first-order valence-electron chi connectivity index (χ1n) is 6.90. The zero-order chi connectivity index (χ0) is 14.8. The lowest BCUT2D eigenvalue weighted by molar-refractivity contribution is 0.0696. The summed E-state index contributed by atoms with van der Waals surface area (Å²) in [6.07, 6.45) is 0.688. The molecule has 1 aromatic heterocycles. The van der Waals surface area contributed by atoms with E-state index in [9.17, 15) is 4.79 Å². The zero-order valence-electron chi connectivity index (χ0n) is 11.7. The van der Waals surface area contributed by atoms with Gasteiger partial charge in [-0.3, -0.25) is 0 Å². The second-order valence-electron chi connectivity index (χ2n) is 4.94. The van der Waals surface area contributed by atoms with E-state index < -0.39 is 5.97 Å². The first kappa shape index (κ1) is 13.4. The number of nitrogens with one attached hydrogen (secondary N) is 1. The number of hydrogen-bond acceptors (Lipinski definition) is 4. The average molecular weight is 284 g/mol. The molecule has 0 spiro atoms. The van der Waals surface area contributed by atoms with Crippen LogP contribution in [0.15, 0.2) is 36.4 Å². The van der Waals surface area contributed by atoms with Gasteiger partial charge in [-0.2, -0.15) is 0 Å². The molecule has 3 rings (SSSR count). The summed E-state index contributed by atoms with van der Waals surface area (Å²) in [7, 11) is 0. The molecule has 0 saturated heterocycles. The summed E-state index contributed by atoms with van der Waals surface area (Å²) in [5.41, 5.74) is 2.07. The van der Waals surface area contributed by atoms with E-state index in [4.69, 9.17) is 9.84 Å². The van der Waals surface area contributed by atoms with E-state index in [0.29, 0.717) is 18.8 Å². The molecule has 2 N–H and O–H groups in total. The van der Waals surface area contributed by atoms with Crippen LogP contribution >= 0.6 is 0 Å². The molecular formula is C16H16N2O3. The standard InChI is InChI=1S/C16H16N2O3/c1-2-11-7-10(16(19)20)8-15(17-11)18-13-9-21-14-6-4-3-5-12(13)14/h3-8,13H,2,9H2,1H3,(H,17,18)(H,19,20). The first-order valence-corrected chi connectivity index (χ1v) is 6.90. The number of aryl methyl sites for hydroxylation is 1.